The van der Waals surface area contributed by atoms with E-state index in [1.54, 1.807) is 0 Å². The fraction of sp³-hybridized carbons (Fsp3) is 0.778. The predicted molar refractivity (Wildman–Crippen MR) is 52.4 cm³/mol. The van der Waals surface area contributed by atoms with Crippen LogP contribution in [0.3, 0.4) is 0 Å². The van der Waals surface area contributed by atoms with Gasteiger partial charge >= 0.3 is 11.4 Å². The molecule has 1 aromatic heterocycles. The molecule has 14 heavy (non-hydrogen) atoms. The van der Waals surface area contributed by atoms with Crippen LogP contribution >= 0.6 is 0 Å². The van der Waals surface area contributed by atoms with Crippen molar-refractivity contribution in [1.29, 1.82) is 0 Å². The fourth-order valence-electron chi connectivity index (χ4n) is 1.58. The Kier molecular flexibility index (Phi) is 2.09. The molecule has 1 aromatic rings. The number of rotatable bonds is 3. The van der Waals surface area contributed by atoms with E-state index in [1.807, 2.05) is 13.8 Å². The Morgan fingerprint density at radius 1 is 1.43 bits per heavy atom. The number of aromatic nitrogens is 3. The standard InChI is InChI=1S/C9H15N3O2/c1-6(2)5-11-9(14)12(7-3-4-7)8(13)10-11/h6-7H,3-5H2,1-2H3,(H,10,13). The third kappa shape index (κ3) is 1.54. The molecule has 78 valence electrons. The zero-order valence-corrected chi connectivity index (χ0v) is 8.49. The summed E-state index contributed by atoms with van der Waals surface area (Å²) in [5, 5.41) is 2.58. The molecule has 0 unspecified atom stereocenters. The van der Waals surface area contributed by atoms with Gasteiger partial charge in [0.05, 0.1) is 0 Å². The Bertz CT molecular complexity index is 434. The first-order chi connectivity index (χ1) is 6.59. The van der Waals surface area contributed by atoms with Crippen LogP contribution in [0.5, 0.6) is 0 Å². The minimum atomic E-state index is -0.266. The van der Waals surface area contributed by atoms with Gasteiger partial charge in [-0.3, -0.25) is 0 Å². The van der Waals surface area contributed by atoms with Gasteiger partial charge in [-0.15, -0.1) is 0 Å². The molecule has 0 atom stereocenters. The molecular weight excluding hydrogens is 182 g/mol. The van der Waals surface area contributed by atoms with Gasteiger partial charge in [-0.1, -0.05) is 13.8 Å². The van der Waals surface area contributed by atoms with Gasteiger partial charge in [0.15, 0.2) is 0 Å². The average molecular weight is 197 g/mol. The smallest absolute Gasteiger partial charge is 0.246 e. The summed E-state index contributed by atoms with van der Waals surface area (Å²) in [4.78, 5) is 23.1. The highest BCUT2D eigenvalue weighted by molar-refractivity contribution is 4.85. The minimum Gasteiger partial charge on any atom is -0.246 e. The fourth-order valence-corrected chi connectivity index (χ4v) is 1.58. The van der Waals surface area contributed by atoms with Gasteiger partial charge in [-0.2, -0.15) is 0 Å². The van der Waals surface area contributed by atoms with E-state index in [9.17, 15) is 9.59 Å². The zero-order valence-electron chi connectivity index (χ0n) is 8.49. The van der Waals surface area contributed by atoms with Crippen LogP contribution in [-0.2, 0) is 6.54 Å². The van der Waals surface area contributed by atoms with Crippen molar-refractivity contribution in [2.24, 2.45) is 5.92 Å². The molecule has 1 aliphatic rings. The summed E-state index contributed by atoms with van der Waals surface area (Å²) >= 11 is 0. The second-order valence-electron chi connectivity index (χ2n) is 4.31. The number of aromatic amines is 1. The molecule has 2 rings (SSSR count). The summed E-state index contributed by atoms with van der Waals surface area (Å²) in [6, 6.07) is 0.152. The molecule has 1 N–H and O–H groups in total. The van der Waals surface area contributed by atoms with Crippen LogP contribution < -0.4 is 11.4 Å². The molecule has 5 nitrogen and oxygen atoms in total. The van der Waals surface area contributed by atoms with Crippen molar-refractivity contribution in [3.8, 4) is 0 Å². The van der Waals surface area contributed by atoms with Crippen molar-refractivity contribution in [3.63, 3.8) is 0 Å². The molecule has 0 bridgehead atoms. The van der Waals surface area contributed by atoms with E-state index in [1.165, 1.54) is 9.25 Å². The largest absolute Gasteiger partial charge is 0.347 e. The van der Waals surface area contributed by atoms with Crippen LogP contribution in [0.2, 0.25) is 0 Å². The van der Waals surface area contributed by atoms with Crippen LogP contribution in [0.25, 0.3) is 0 Å². The van der Waals surface area contributed by atoms with Crippen molar-refractivity contribution in [1.82, 2.24) is 14.3 Å². The maximum absolute atomic E-state index is 11.7. The van der Waals surface area contributed by atoms with Crippen molar-refractivity contribution >= 4 is 0 Å². The van der Waals surface area contributed by atoms with Crippen LogP contribution in [0.4, 0.5) is 0 Å². The lowest BCUT2D eigenvalue weighted by Crippen LogP contribution is -2.28. The van der Waals surface area contributed by atoms with Gasteiger partial charge in [0.25, 0.3) is 0 Å². The normalized spacial score (nSPS) is 16.5. The van der Waals surface area contributed by atoms with Crippen molar-refractivity contribution in [3.05, 3.63) is 21.0 Å². The summed E-state index contributed by atoms with van der Waals surface area (Å²) in [6.45, 7) is 4.60. The average Bonchev–Trinajstić information content (AvgIpc) is 2.82. The second kappa shape index (κ2) is 3.15. The van der Waals surface area contributed by atoms with E-state index in [2.05, 4.69) is 5.10 Å². The molecule has 1 aliphatic carbocycles. The quantitative estimate of drug-likeness (QED) is 0.759. The molecule has 0 radical (unpaired) electrons. The Labute approximate surface area is 81.3 Å². The van der Waals surface area contributed by atoms with Crippen LogP contribution in [0, 0.1) is 5.92 Å². The summed E-state index contributed by atoms with van der Waals surface area (Å²) in [6.07, 6.45) is 1.91. The molecule has 1 saturated carbocycles. The second-order valence-corrected chi connectivity index (χ2v) is 4.31. The highest BCUT2D eigenvalue weighted by atomic mass is 16.2. The van der Waals surface area contributed by atoms with Gasteiger partial charge in [-0.25, -0.2) is 23.9 Å². The molecule has 5 heteroatoms. The number of nitrogens with zero attached hydrogens (tertiary/aromatic N) is 2. The molecular formula is C9H15N3O2. The minimum absolute atomic E-state index is 0.152. The summed E-state index contributed by atoms with van der Waals surface area (Å²) in [5.41, 5.74) is -0.454. The zero-order chi connectivity index (χ0) is 10.3. The molecule has 0 saturated heterocycles. The Morgan fingerprint density at radius 3 is 2.57 bits per heavy atom. The Hall–Kier alpha value is -1.26. The third-order valence-electron chi connectivity index (χ3n) is 2.35. The first kappa shape index (κ1) is 9.30. The van der Waals surface area contributed by atoms with Gasteiger partial charge in [0, 0.05) is 12.6 Å². The van der Waals surface area contributed by atoms with Crippen molar-refractivity contribution in [2.45, 2.75) is 39.3 Å². The van der Waals surface area contributed by atoms with Crippen LogP contribution in [0.15, 0.2) is 9.59 Å². The van der Waals surface area contributed by atoms with Crippen LogP contribution in [0.1, 0.15) is 32.7 Å². The molecule has 0 spiro atoms. The molecule has 0 aromatic carbocycles. The van der Waals surface area contributed by atoms with E-state index in [0.717, 1.165) is 12.8 Å². The highest BCUT2D eigenvalue weighted by Gasteiger charge is 2.28. The SMILES string of the molecule is CC(C)Cn1[nH]c(=O)n(C2CC2)c1=O. The summed E-state index contributed by atoms with van der Waals surface area (Å²) in [7, 11) is 0. The van der Waals surface area contributed by atoms with E-state index in [4.69, 9.17) is 0 Å². The topological polar surface area (TPSA) is 59.8 Å². The van der Waals surface area contributed by atoms with Gasteiger partial charge in [-0.05, 0) is 18.8 Å². The number of hydrogen-bond donors (Lipinski definition) is 1. The maximum Gasteiger partial charge on any atom is 0.347 e. The molecule has 0 aliphatic heterocycles. The van der Waals surface area contributed by atoms with E-state index in [0.29, 0.717) is 12.5 Å². The van der Waals surface area contributed by atoms with Gasteiger partial charge in [0.1, 0.15) is 0 Å². The molecule has 1 heterocycles. The van der Waals surface area contributed by atoms with E-state index >= 15 is 0 Å². The number of hydrogen-bond acceptors (Lipinski definition) is 2. The maximum atomic E-state index is 11.7. The van der Waals surface area contributed by atoms with Crippen LogP contribution in [-0.4, -0.2) is 14.3 Å². The lowest BCUT2D eigenvalue weighted by molar-refractivity contribution is 0.464. The van der Waals surface area contributed by atoms with Gasteiger partial charge < -0.3 is 0 Å². The van der Waals surface area contributed by atoms with E-state index < -0.39 is 0 Å². The highest BCUT2D eigenvalue weighted by Crippen LogP contribution is 2.31. The van der Waals surface area contributed by atoms with Crippen molar-refractivity contribution in [2.75, 3.05) is 0 Å². The van der Waals surface area contributed by atoms with E-state index in [-0.39, 0.29) is 17.4 Å². The third-order valence-corrected chi connectivity index (χ3v) is 2.35. The summed E-state index contributed by atoms with van der Waals surface area (Å²) < 4.78 is 2.74. The monoisotopic (exact) mass is 197 g/mol. The number of H-pyrrole nitrogens is 1. The number of nitrogens with one attached hydrogen (secondary N) is 1. The Morgan fingerprint density at radius 2 is 2.07 bits per heavy atom. The van der Waals surface area contributed by atoms with Crippen molar-refractivity contribution < 1.29 is 0 Å². The first-order valence-electron chi connectivity index (χ1n) is 5.01. The first-order valence-corrected chi connectivity index (χ1v) is 5.01. The summed E-state index contributed by atoms with van der Waals surface area (Å²) in [5.74, 6) is 0.360. The molecule has 1 fully saturated rings. The molecule has 0 amide bonds. The lowest BCUT2D eigenvalue weighted by Gasteiger charge is -2.02. The predicted octanol–water partition coefficient (Wildman–Crippen LogP) is 0.329. The van der Waals surface area contributed by atoms with Gasteiger partial charge in [0.2, 0.25) is 0 Å². The lowest BCUT2D eigenvalue weighted by atomic mass is 10.2. The Balaban J connectivity index is 2.39.